The lowest BCUT2D eigenvalue weighted by molar-refractivity contribution is -0.00809. The van der Waals surface area contributed by atoms with Crippen molar-refractivity contribution in [3.8, 4) is 0 Å². The van der Waals surface area contributed by atoms with Gasteiger partial charge >= 0.3 is 5.69 Å². The summed E-state index contributed by atoms with van der Waals surface area (Å²) in [5.41, 5.74) is -1.30. The van der Waals surface area contributed by atoms with Gasteiger partial charge in [0.1, 0.15) is 6.10 Å². The molecule has 1 heterocycles. The highest BCUT2D eigenvalue weighted by molar-refractivity contribution is 9.11. The lowest BCUT2D eigenvalue weighted by Gasteiger charge is -2.21. The second kappa shape index (κ2) is 6.24. The Balaban J connectivity index is 2.54. The van der Waals surface area contributed by atoms with Crippen LogP contribution in [0.2, 0.25) is 0 Å². The van der Waals surface area contributed by atoms with Gasteiger partial charge in [0.05, 0.1) is 30.4 Å². The van der Waals surface area contributed by atoms with E-state index in [0.717, 1.165) is 4.57 Å². The largest absolute Gasteiger partial charge is 0.396 e. The molecule has 8 nitrogen and oxygen atoms in total. The number of halogens is 1. The Kier molecular flexibility index (Phi) is 4.79. The number of hydrogen-bond donors (Lipinski definition) is 5. The number of aliphatic hydroxyl groups excluding tert-OH is 4. The van der Waals surface area contributed by atoms with Crippen molar-refractivity contribution in [1.82, 2.24) is 9.55 Å². The number of aliphatic hydroxyl groups is 4. The molecule has 116 valence electrons. The molecule has 0 spiro atoms. The van der Waals surface area contributed by atoms with Crippen LogP contribution in [-0.4, -0.2) is 54.9 Å². The molecule has 1 aromatic heterocycles. The lowest BCUT2D eigenvalue weighted by atomic mass is 10.0. The fraction of sp³-hybridized carbons (Fsp3) is 0.500. The summed E-state index contributed by atoms with van der Waals surface area (Å²) in [5, 5.41) is 39.0. The third-order valence-electron chi connectivity index (χ3n) is 3.70. The molecule has 5 atom stereocenters. The van der Waals surface area contributed by atoms with Crippen LogP contribution in [0.15, 0.2) is 20.8 Å². The summed E-state index contributed by atoms with van der Waals surface area (Å²) in [6.07, 6.45) is -1.57. The molecule has 0 amide bonds. The third kappa shape index (κ3) is 2.74. The van der Waals surface area contributed by atoms with Gasteiger partial charge in [-0.3, -0.25) is 14.3 Å². The average Bonchev–Trinajstić information content (AvgIpc) is 2.64. The summed E-state index contributed by atoms with van der Waals surface area (Å²) in [6.45, 7) is -0.540. The van der Waals surface area contributed by atoms with E-state index >= 15 is 0 Å². The first-order valence-corrected chi connectivity index (χ1v) is 7.11. The van der Waals surface area contributed by atoms with Gasteiger partial charge in [0.2, 0.25) is 0 Å². The number of H-pyrrole nitrogens is 1. The highest BCUT2D eigenvalue weighted by Crippen LogP contribution is 2.34. The minimum atomic E-state index is -1.44. The molecule has 21 heavy (non-hydrogen) atoms. The summed E-state index contributed by atoms with van der Waals surface area (Å²) in [7, 11) is 0. The molecule has 1 aromatic rings. The van der Waals surface area contributed by atoms with Crippen LogP contribution in [0.1, 0.15) is 11.6 Å². The van der Waals surface area contributed by atoms with Crippen LogP contribution in [0.3, 0.4) is 0 Å². The number of hydrogen-bond acceptors (Lipinski definition) is 6. The summed E-state index contributed by atoms with van der Waals surface area (Å²) < 4.78 is 0.956. The molecule has 1 saturated carbocycles. The first-order valence-electron chi connectivity index (χ1n) is 6.19. The average molecular weight is 363 g/mol. The normalized spacial score (nSPS) is 32.9. The van der Waals surface area contributed by atoms with E-state index in [-0.39, 0.29) is 5.56 Å². The number of aromatic nitrogens is 2. The summed E-state index contributed by atoms with van der Waals surface area (Å²) in [4.78, 5) is 27.0. The van der Waals surface area contributed by atoms with E-state index < -0.39 is 48.1 Å². The number of rotatable bonds is 3. The fourth-order valence-electron chi connectivity index (χ4n) is 2.57. The van der Waals surface area contributed by atoms with E-state index in [0.29, 0.717) is 0 Å². The molecule has 5 N–H and O–H groups in total. The fourth-order valence-corrected chi connectivity index (χ4v) is 2.85. The van der Waals surface area contributed by atoms with Crippen molar-refractivity contribution in [1.29, 1.82) is 0 Å². The van der Waals surface area contributed by atoms with Gasteiger partial charge in [-0.1, -0.05) is 15.9 Å². The van der Waals surface area contributed by atoms with Crippen LogP contribution in [0.25, 0.3) is 6.08 Å². The smallest absolute Gasteiger partial charge is 0.328 e. The Bertz CT molecular complexity index is 654. The highest BCUT2D eigenvalue weighted by atomic mass is 79.9. The Labute approximate surface area is 127 Å². The maximum atomic E-state index is 11.9. The van der Waals surface area contributed by atoms with Crippen molar-refractivity contribution in [2.24, 2.45) is 5.92 Å². The predicted octanol–water partition coefficient (Wildman–Crippen LogP) is -1.85. The number of aromatic amines is 1. The molecule has 0 aromatic carbocycles. The maximum absolute atomic E-state index is 11.9. The van der Waals surface area contributed by atoms with Crippen molar-refractivity contribution in [2.45, 2.75) is 24.4 Å². The minimum Gasteiger partial charge on any atom is -0.396 e. The molecular weight excluding hydrogens is 348 g/mol. The van der Waals surface area contributed by atoms with Crippen molar-refractivity contribution < 1.29 is 20.4 Å². The molecule has 0 bridgehead atoms. The molecule has 1 aliphatic carbocycles. The number of nitrogens with one attached hydrogen (secondary N) is 1. The Morgan fingerprint density at radius 3 is 2.43 bits per heavy atom. The second-order valence-electron chi connectivity index (χ2n) is 4.85. The number of nitrogens with zero attached hydrogens (tertiary/aromatic N) is 1. The van der Waals surface area contributed by atoms with E-state index in [4.69, 9.17) is 5.11 Å². The Hall–Kier alpha value is -1.26. The van der Waals surface area contributed by atoms with Gasteiger partial charge in [-0.2, -0.15) is 0 Å². The molecule has 2 rings (SSSR count). The maximum Gasteiger partial charge on any atom is 0.328 e. The summed E-state index contributed by atoms with van der Waals surface area (Å²) >= 11 is 3.01. The SMILES string of the molecule is O=c1[nH]c(=O)n([C@@H]2C(O)C(O)[C@H](CO)[C@H]2O)cc1/C=C/Br. The zero-order chi connectivity index (χ0) is 15.7. The lowest BCUT2D eigenvalue weighted by Crippen LogP contribution is -2.40. The van der Waals surface area contributed by atoms with Gasteiger partial charge in [-0.05, 0) is 11.1 Å². The Morgan fingerprint density at radius 1 is 1.24 bits per heavy atom. The van der Waals surface area contributed by atoms with Crippen LogP contribution in [0.5, 0.6) is 0 Å². The van der Waals surface area contributed by atoms with E-state index in [2.05, 4.69) is 20.9 Å². The first-order chi connectivity index (χ1) is 9.92. The van der Waals surface area contributed by atoms with Crippen LogP contribution in [0, 0.1) is 5.92 Å². The second-order valence-corrected chi connectivity index (χ2v) is 5.38. The third-order valence-corrected chi connectivity index (χ3v) is 3.96. The molecule has 0 saturated heterocycles. The zero-order valence-electron chi connectivity index (χ0n) is 10.8. The van der Waals surface area contributed by atoms with E-state index in [1.807, 2.05) is 0 Å². The van der Waals surface area contributed by atoms with Crippen LogP contribution in [0.4, 0.5) is 0 Å². The van der Waals surface area contributed by atoms with Crippen molar-refractivity contribution in [3.63, 3.8) is 0 Å². The zero-order valence-corrected chi connectivity index (χ0v) is 12.3. The molecule has 1 fully saturated rings. The standard InChI is InChI=1S/C12H15BrN2O6/c13-2-1-5-3-15(12(21)14-11(5)20)7-8(17)6(4-16)9(18)10(7)19/h1-3,6-10,16-19H,4H2,(H,14,20,21)/b2-1+/t6-,7+,8-,9?,10?/m1/s1. The molecule has 9 heteroatoms. The monoisotopic (exact) mass is 362 g/mol. The molecule has 2 unspecified atom stereocenters. The first kappa shape index (κ1) is 16.1. The molecule has 1 aliphatic rings. The quantitative estimate of drug-likeness (QED) is 0.428. The van der Waals surface area contributed by atoms with Gasteiger partial charge in [0.25, 0.3) is 5.56 Å². The molecule has 0 radical (unpaired) electrons. The van der Waals surface area contributed by atoms with Crippen LogP contribution < -0.4 is 11.2 Å². The van der Waals surface area contributed by atoms with E-state index in [1.165, 1.54) is 17.3 Å². The Morgan fingerprint density at radius 2 is 1.90 bits per heavy atom. The minimum absolute atomic E-state index is 0.132. The highest BCUT2D eigenvalue weighted by Gasteiger charge is 2.49. The van der Waals surface area contributed by atoms with Crippen molar-refractivity contribution in [3.05, 3.63) is 37.6 Å². The van der Waals surface area contributed by atoms with Gasteiger partial charge in [-0.25, -0.2) is 4.79 Å². The van der Waals surface area contributed by atoms with Crippen molar-refractivity contribution >= 4 is 22.0 Å². The van der Waals surface area contributed by atoms with E-state index in [9.17, 15) is 24.9 Å². The topological polar surface area (TPSA) is 136 Å². The van der Waals surface area contributed by atoms with E-state index in [1.54, 1.807) is 0 Å². The van der Waals surface area contributed by atoms with Crippen LogP contribution in [-0.2, 0) is 0 Å². The summed E-state index contributed by atoms with van der Waals surface area (Å²) in [6, 6.07) is -1.16. The summed E-state index contributed by atoms with van der Waals surface area (Å²) in [5.74, 6) is -0.973. The van der Waals surface area contributed by atoms with Crippen LogP contribution >= 0.6 is 15.9 Å². The van der Waals surface area contributed by atoms with Gasteiger partial charge in [-0.15, -0.1) is 0 Å². The van der Waals surface area contributed by atoms with Gasteiger partial charge < -0.3 is 20.4 Å². The van der Waals surface area contributed by atoms with Gasteiger partial charge in [0.15, 0.2) is 0 Å². The predicted molar refractivity (Wildman–Crippen MR) is 76.9 cm³/mol. The molecule has 0 aliphatic heterocycles. The molecular formula is C12H15BrN2O6. The van der Waals surface area contributed by atoms with Gasteiger partial charge in [0, 0.05) is 12.1 Å². The van der Waals surface area contributed by atoms with Crippen molar-refractivity contribution in [2.75, 3.05) is 6.61 Å².